The van der Waals surface area contributed by atoms with Gasteiger partial charge in [-0.1, -0.05) is 54.6 Å². The minimum absolute atomic E-state index is 0.0482. The Morgan fingerprint density at radius 2 is 1.70 bits per heavy atom. The van der Waals surface area contributed by atoms with Crippen LogP contribution in [0.3, 0.4) is 0 Å². The van der Waals surface area contributed by atoms with Gasteiger partial charge in [-0.05, 0) is 60.6 Å². The summed E-state index contributed by atoms with van der Waals surface area (Å²) in [7, 11) is 0. The lowest BCUT2D eigenvalue weighted by atomic mass is 9.97. The molecular weight excluding hydrogens is 529 g/mol. The zero-order chi connectivity index (χ0) is 23.8. The van der Waals surface area contributed by atoms with Crippen LogP contribution in [0.4, 0.5) is 4.79 Å². The van der Waals surface area contributed by atoms with E-state index in [0.29, 0.717) is 17.4 Å². The van der Waals surface area contributed by atoms with Gasteiger partial charge in [-0.2, -0.15) is 0 Å². The van der Waals surface area contributed by atoms with Gasteiger partial charge in [0.05, 0.1) is 20.2 Å². The van der Waals surface area contributed by atoms with Crippen LogP contribution >= 0.6 is 22.6 Å². The molecule has 4 rings (SSSR count). The second kappa shape index (κ2) is 8.97. The van der Waals surface area contributed by atoms with Crippen molar-refractivity contribution in [3.8, 4) is 28.3 Å². The molecule has 4 aromatic rings. The lowest BCUT2D eigenvalue weighted by molar-refractivity contribution is 0.0955. The molecule has 0 aliphatic carbocycles. The van der Waals surface area contributed by atoms with Crippen molar-refractivity contribution in [2.24, 2.45) is 0 Å². The molecule has 0 saturated heterocycles. The van der Waals surface area contributed by atoms with E-state index in [4.69, 9.17) is 4.98 Å². The van der Waals surface area contributed by atoms with Crippen LogP contribution in [0.15, 0.2) is 66.9 Å². The van der Waals surface area contributed by atoms with Crippen molar-refractivity contribution in [1.29, 1.82) is 0 Å². The number of aromatic nitrogens is 2. The first-order valence-electron chi connectivity index (χ1n) is 10.5. The molecule has 7 heteroatoms. The molecule has 2 N–H and O–H groups in total. The highest BCUT2D eigenvalue weighted by Gasteiger charge is 2.26. The minimum atomic E-state index is -0.947. The van der Waals surface area contributed by atoms with Gasteiger partial charge in [-0.3, -0.25) is 4.90 Å². The number of nitrogens with zero attached hydrogens (tertiary/aromatic N) is 3. The van der Waals surface area contributed by atoms with Gasteiger partial charge in [0.15, 0.2) is 0 Å². The predicted octanol–water partition coefficient (Wildman–Crippen LogP) is 6.55. The third-order valence-corrected chi connectivity index (χ3v) is 6.27. The summed E-state index contributed by atoms with van der Waals surface area (Å²) in [4.78, 5) is 22.1. The lowest BCUT2D eigenvalue weighted by Gasteiger charge is -2.33. The Morgan fingerprint density at radius 3 is 2.30 bits per heavy atom. The van der Waals surface area contributed by atoms with Gasteiger partial charge in [0.25, 0.3) is 0 Å². The standard InChI is InChI=1S/C26H24IN3O3/c1-26(2,3)30(25(32)33)15-16-9-11-18(12-10-16)22-19(17-7-5-4-6-8-17)13-20-23(29-22)21(27)14-28-24(20)31/h4-14H,15H2,1-3H3,(H,28,31)(H,32,33). The van der Waals surface area contributed by atoms with E-state index in [9.17, 15) is 15.0 Å². The molecule has 0 unspecified atom stereocenters. The van der Waals surface area contributed by atoms with E-state index in [1.807, 2.05) is 81.4 Å². The van der Waals surface area contributed by atoms with E-state index in [1.165, 1.54) is 4.90 Å². The monoisotopic (exact) mass is 553 g/mol. The molecule has 1 amide bonds. The molecule has 0 atom stereocenters. The first-order valence-corrected chi connectivity index (χ1v) is 11.6. The average Bonchev–Trinajstić information content (AvgIpc) is 2.79. The first-order chi connectivity index (χ1) is 15.6. The zero-order valence-electron chi connectivity index (χ0n) is 18.6. The summed E-state index contributed by atoms with van der Waals surface area (Å²) >= 11 is 2.17. The van der Waals surface area contributed by atoms with Gasteiger partial charge in [0.2, 0.25) is 5.88 Å². The fourth-order valence-corrected chi connectivity index (χ4v) is 4.26. The summed E-state index contributed by atoms with van der Waals surface area (Å²) in [5.74, 6) is -0.0482. The summed E-state index contributed by atoms with van der Waals surface area (Å²) in [5, 5.41) is 20.6. The molecular formula is C26H24IN3O3. The number of fused-ring (bicyclic) bond motifs is 1. The van der Waals surface area contributed by atoms with Crippen molar-refractivity contribution in [2.75, 3.05) is 0 Å². The molecule has 0 fully saturated rings. The fourth-order valence-electron chi connectivity index (χ4n) is 3.71. The Hall–Kier alpha value is -3.20. The summed E-state index contributed by atoms with van der Waals surface area (Å²) < 4.78 is 0.847. The molecule has 168 valence electrons. The van der Waals surface area contributed by atoms with E-state index < -0.39 is 11.6 Å². The molecule has 0 spiro atoms. The largest absolute Gasteiger partial charge is 0.493 e. The Bertz CT molecular complexity index is 1320. The molecule has 0 radical (unpaired) electrons. The molecule has 2 heterocycles. The molecule has 6 nitrogen and oxygen atoms in total. The average molecular weight is 553 g/mol. The topological polar surface area (TPSA) is 86.5 Å². The van der Waals surface area contributed by atoms with Crippen LogP contribution in [-0.4, -0.2) is 36.7 Å². The van der Waals surface area contributed by atoms with E-state index in [0.717, 1.165) is 31.5 Å². The Kier molecular flexibility index (Phi) is 6.25. The number of halogens is 1. The number of aromatic hydroxyl groups is 1. The fraction of sp³-hybridized carbons (Fsp3) is 0.192. The van der Waals surface area contributed by atoms with Crippen molar-refractivity contribution in [1.82, 2.24) is 14.9 Å². The Labute approximate surface area is 206 Å². The van der Waals surface area contributed by atoms with Gasteiger partial charge in [-0.15, -0.1) is 0 Å². The number of pyridine rings is 2. The van der Waals surface area contributed by atoms with Crippen LogP contribution < -0.4 is 0 Å². The summed E-state index contributed by atoms with van der Waals surface area (Å²) in [6.07, 6.45) is 0.657. The number of rotatable bonds is 4. The highest BCUT2D eigenvalue weighted by Crippen LogP contribution is 2.36. The quantitative estimate of drug-likeness (QED) is 0.280. The first kappa shape index (κ1) is 23.0. The highest BCUT2D eigenvalue weighted by molar-refractivity contribution is 14.1. The van der Waals surface area contributed by atoms with Crippen LogP contribution in [0, 0.1) is 3.57 Å². The normalized spacial score (nSPS) is 11.5. The maximum atomic E-state index is 11.7. The van der Waals surface area contributed by atoms with E-state index in [-0.39, 0.29) is 5.88 Å². The maximum absolute atomic E-state index is 11.7. The van der Waals surface area contributed by atoms with Crippen molar-refractivity contribution in [3.63, 3.8) is 0 Å². The molecule has 33 heavy (non-hydrogen) atoms. The molecule has 2 aromatic carbocycles. The van der Waals surface area contributed by atoms with Crippen LogP contribution in [0.25, 0.3) is 33.3 Å². The van der Waals surface area contributed by atoms with Gasteiger partial charge in [0, 0.05) is 29.4 Å². The van der Waals surface area contributed by atoms with Crippen LogP contribution in [0.5, 0.6) is 5.88 Å². The molecule has 0 aliphatic rings. The number of benzene rings is 2. The van der Waals surface area contributed by atoms with Crippen LogP contribution in [0.2, 0.25) is 0 Å². The van der Waals surface area contributed by atoms with Crippen LogP contribution in [0.1, 0.15) is 26.3 Å². The van der Waals surface area contributed by atoms with E-state index >= 15 is 0 Å². The summed E-state index contributed by atoms with van der Waals surface area (Å²) in [5.41, 5.74) is 4.64. The van der Waals surface area contributed by atoms with Gasteiger partial charge >= 0.3 is 6.09 Å². The Balaban J connectivity index is 1.82. The molecule has 0 aliphatic heterocycles. The second-order valence-corrected chi connectivity index (χ2v) is 9.98. The molecule has 0 saturated carbocycles. The van der Waals surface area contributed by atoms with Gasteiger partial charge < -0.3 is 10.2 Å². The van der Waals surface area contributed by atoms with Crippen molar-refractivity contribution in [2.45, 2.75) is 32.9 Å². The van der Waals surface area contributed by atoms with Crippen molar-refractivity contribution < 1.29 is 15.0 Å². The number of carboxylic acid groups (broad SMARTS) is 1. The van der Waals surface area contributed by atoms with Crippen molar-refractivity contribution >= 4 is 39.6 Å². The van der Waals surface area contributed by atoms with Crippen LogP contribution in [-0.2, 0) is 6.54 Å². The zero-order valence-corrected chi connectivity index (χ0v) is 20.7. The number of hydrogen-bond donors (Lipinski definition) is 2. The highest BCUT2D eigenvalue weighted by atomic mass is 127. The van der Waals surface area contributed by atoms with Crippen molar-refractivity contribution in [3.05, 3.63) is 76.0 Å². The third kappa shape index (κ3) is 4.78. The second-order valence-electron chi connectivity index (χ2n) is 8.81. The summed E-state index contributed by atoms with van der Waals surface area (Å²) in [6, 6.07) is 19.6. The van der Waals surface area contributed by atoms with Gasteiger partial charge in [0.1, 0.15) is 0 Å². The summed E-state index contributed by atoms with van der Waals surface area (Å²) in [6.45, 7) is 5.94. The van der Waals surface area contributed by atoms with E-state index in [1.54, 1.807) is 6.20 Å². The Morgan fingerprint density at radius 1 is 1.03 bits per heavy atom. The SMILES string of the molecule is CC(C)(C)N(Cc1ccc(-c2nc3c(I)cnc(O)c3cc2-c2ccccc2)cc1)C(=O)O. The predicted molar refractivity (Wildman–Crippen MR) is 138 cm³/mol. The van der Waals surface area contributed by atoms with Gasteiger partial charge in [-0.25, -0.2) is 14.8 Å². The molecule has 0 bridgehead atoms. The smallest absolute Gasteiger partial charge is 0.408 e. The lowest BCUT2D eigenvalue weighted by Crippen LogP contribution is -2.44. The number of carbonyl (C=O) groups is 1. The third-order valence-electron chi connectivity index (χ3n) is 5.48. The number of hydrogen-bond acceptors (Lipinski definition) is 4. The van der Waals surface area contributed by atoms with E-state index in [2.05, 4.69) is 27.6 Å². The maximum Gasteiger partial charge on any atom is 0.408 e. The molecule has 2 aromatic heterocycles. The minimum Gasteiger partial charge on any atom is -0.493 e. The number of amides is 1.